The second-order valence-corrected chi connectivity index (χ2v) is 8.25. The number of aromatic nitrogens is 6. The largest absolute Gasteiger partial charge is 0.352 e. The molecule has 3 aromatic heterocycles. The summed E-state index contributed by atoms with van der Waals surface area (Å²) in [6.07, 6.45) is 5.14. The van der Waals surface area contributed by atoms with E-state index < -0.39 is 10.0 Å². The lowest BCUT2D eigenvalue weighted by atomic mass is 10.3. The van der Waals surface area contributed by atoms with Crippen molar-refractivity contribution in [3.63, 3.8) is 0 Å². The van der Waals surface area contributed by atoms with Crippen LogP contribution >= 0.6 is 0 Å². The molecule has 3 aromatic rings. The second-order valence-electron chi connectivity index (χ2n) is 6.37. The maximum Gasteiger partial charge on any atom is 0.246 e. The van der Waals surface area contributed by atoms with Crippen molar-refractivity contribution >= 4 is 15.8 Å². The molecule has 1 aliphatic rings. The first-order chi connectivity index (χ1) is 13.0. The number of sulfonamides is 1. The zero-order valence-corrected chi connectivity index (χ0v) is 15.9. The molecule has 27 heavy (non-hydrogen) atoms. The van der Waals surface area contributed by atoms with Gasteiger partial charge < -0.3 is 4.90 Å². The van der Waals surface area contributed by atoms with Crippen molar-refractivity contribution in [1.82, 2.24) is 34.3 Å². The van der Waals surface area contributed by atoms with Gasteiger partial charge in [-0.1, -0.05) is 0 Å². The summed E-state index contributed by atoms with van der Waals surface area (Å²) in [6, 6.07) is 3.75. The fourth-order valence-electron chi connectivity index (χ4n) is 3.23. The Labute approximate surface area is 156 Å². The highest BCUT2D eigenvalue weighted by atomic mass is 32.2. The molecule has 0 radical (unpaired) electrons. The molecule has 0 spiro atoms. The Balaban J connectivity index is 1.46. The van der Waals surface area contributed by atoms with Crippen LogP contribution in [0.4, 0.5) is 5.82 Å². The van der Waals surface area contributed by atoms with Gasteiger partial charge in [-0.05, 0) is 26.0 Å². The number of hydrogen-bond acceptors (Lipinski definition) is 7. The van der Waals surface area contributed by atoms with Gasteiger partial charge in [0.05, 0.1) is 11.4 Å². The van der Waals surface area contributed by atoms with Crippen LogP contribution in [0.5, 0.6) is 0 Å². The minimum absolute atomic E-state index is 0.278. The SMILES string of the molecule is Cc1n[nH]c(C)c1S(=O)(=O)N1CCN(c2ccc(-n3ccnc3)nn2)CC1. The topological polar surface area (TPSA) is 113 Å². The van der Waals surface area contributed by atoms with Crippen LogP contribution < -0.4 is 4.90 Å². The van der Waals surface area contributed by atoms with Gasteiger partial charge in [-0.15, -0.1) is 10.2 Å². The quantitative estimate of drug-likeness (QED) is 0.693. The van der Waals surface area contributed by atoms with Crippen molar-refractivity contribution in [1.29, 1.82) is 0 Å². The summed E-state index contributed by atoms with van der Waals surface area (Å²) in [5.41, 5.74) is 1.06. The molecule has 11 heteroatoms. The van der Waals surface area contributed by atoms with E-state index in [1.54, 1.807) is 37.1 Å². The Morgan fingerprint density at radius 2 is 1.74 bits per heavy atom. The third-order valence-corrected chi connectivity index (χ3v) is 6.79. The zero-order valence-electron chi connectivity index (χ0n) is 15.1. The van der Waals surface area contributed by atoms with E-state index in [-0.39, 0.29) is 4.90 Å². The molecule has 0 saturated carbocycles. The molecule has 142 valence electrons. The van der Waals surface area contributed by atoms with Crippen LogP contribution in [0.15, 0.2) is 35.7 Å². The van der Waals surface area contributed by atoms with E-state index >= 15 is 0 Å². The van der Waals surface area contributed by atoms with E-state index in [2.05, 4.69) is 25.4 Å². The monoisotopic (exact) mass is 388 g/mol. The number of anilines is 1. The third-order valence-electron chi connectivity index (χ3n) is 4.63. The minimum Gasteiger partial charge on any atom is -0.352 e. The number of piperazine rings is 1. The van der Waals surface area contributed by atoms with Crippen molar-refractivity contribution < 1.29 is 8.42 Å². The Hall–Kier alpha value is -2.79. The van der Waals surface area contributed by atoms with E-state index in [0.29, 0.717) is 43.4 Å². The Morgan fingerprint density at radius 1 is 1.04 bits per heavy atom. The first kappa shape index (κ1) is 17.6. The molecule has 0 aliphatic carbocycles. The van der Waals surface area contributed by atoms with Gasteiger partial charge in [0.1, 0.15) is 11.2 Å². The van der Waals surface area contributed by atoms with Crippen LogP contribution in [0, 0.1) is 13.8 Å². The lowest BCUT2D eigenvalue weighted by Crippen LogP contribution is -2.49. The van der Waals surface area contributed by atoms with Crippen molar-refractivity contribution in [2.45, 2.75) is 18.7 Å². The Kier molecular flexibility index (Phi) is 4.40. The standard InChI is InChI=1S/C16H20N8O2S/c1-12-16(13(2)19-18-12)27(25,26)24-9-7-22(8-10-24)14-3-4-15(21-20-14)23-6-5-17-11-23/h3-6,11H,7-10H2,1-2H3,(H,18,19). The van der Waals surface area contributed by atoms with Crippen LogP contribution in [0.3, 0.4) is 0 Å². The normalized spacial score (nSPS) is 16.0. The van der Waals surface area contributed by atoms with Crippen molar-refractivity contribution in [3.05, 3.63) is 42.2 Å². The lowest BCUT2D eigenvalue weighted by Gasteiger charge is -2.34. The molecule has 4 rings (SSSR count). The fraction of sp³-hybridized carbons (Fsp3) is 0.375. The van der Waals surface area contributed by atoms with Crippen molar-refractivity contribution in [2.75, 3.05) is 31.1 Å². The molecule has 0 atom stereocenters. The number of aromatic amines is 1. The van der Waals surface area contributed by atoms with Crippen LogP contribution in [-0.4, -0.2) is 68.8 Å². The third kappa shape index (κ3) is 3.19. The molecule has 0 amide bonds. The molecule has 1 N–H and O–H groups in total. The van der Waals surface area contributed by atoms with Gasteiger partial charge in [-0.2, -0.15) is 9.40 Å². The van der Waals surface area contributed by atoms with Gasteiger partial charge in [0.25, 0.3) is 0 Å². The molecule has 0 aromatic carbocycles. The van der Waals surface area contributed by atoms with Gasteiger partial charge >= 0.3 is 0 Å². The summed E-state index contributed by atoms with van der Waals surface area (Å²) in [6.45, 7) is 5.29. The highest BCUT2D eigenvalue weighted by molar-refractivity contribution is 7.89. The molecule has 0 bridgehead atoms. The minimum atomic E-state index is -3.56. The fourth-order valence-corrected chi connectivity index (χ4v) is 4.98. The summed E-state index contributed by atoms with van der Waals surface area (Å²) in [7, 11) is -3.56. The average Bonchev–Trinajstić information content (AvgIpc) is 3.32. The molecular weight excluding hydrogens is 368 g/mol. The maximum absolute atomic E-state index is 12.9. The highest BCUT2D eigenvalue weighted by Crippen LogP contribution is 2.23. The average molecular weight is 388 g/mol. The predicted octanol–water partition coefficient (Wildman–Crippen LogP) is 0.513. The zero-order chi connectivity index (χ0) is 19.0. The number of imidazole rings is 1. The number of nitrogens with one attached hydrogen (secondary N) is 1. The number of nitrogens with zero attached hydrogens (tertiary/aromatic N) is 7. The smallest absolute Gasteiger partial charge is 0.246 e. The summed E-state index contributed by atoms with van der Waals surface area (Å²) in [5, 5.41) is 15.2. The van der Waals surface area contributed by atoms with E-state index in [1.165, 1.54) is 4.31 Å². The van der Waals surface area contributed by atoms with Crippen molar-refractivity contribution in [3.8, 4) is 5.82 Å². The van der Waals surface area contributed by atoms with E-state index in [0.717, 1.165) is 5.82 Å². The first-order valence-electron chi connectivity index (χ1n) is 8.55. The van der Waals surface area contributed by atoms with E-state index in [4.69, 9.17) is 0 Å². The molecule has 4 heterocycles. The first-order valence-corrected chi connectivity index (χ1v) is 9.99. The van der Waals surface area contributed by atoms with Crippen LogP contribution in [0.2, 0.25) is 0 Å². The Morgan fingerprint density at radius 3 is 2.30 bits per heavy atom. The molecule has 10 nitrogen and oxygen atoms in total. The van der Waals surface area contributed by atoms with E-state index in [1.807, 2.05) is 17.0 Å². The molecule has 1 aliphatic heterocycles. The second kappa shape index (κ2) is 6.74. The number of hydrogen-bond donors (Lipinski definition) is 1. The Bertz CT molecular complexity index is 1000. The number of rotatable bonds is 4. The molecule has 1 saturated heterocycles. The predicted molar refractivity (Wildman–Crippen MR) is 98.2 cm³/mol. The summed E-state index contributed by atoms with van der Waals surface area (Å²) >= 11 is 0. The van der Waals surface area contributed by atoms with Crippen LogP contribution in [-0.2, 0) is 10.0 Å². The molecule has 0 unspecified atom stereocenters. The number of H-pyrrole nitrogens is 1. The lowest BCUT2D eigenvalue weighted by molar-refractivity contribution is 0.383. The van der Waals surface area contributed by atoms with Gasteiger partial charge in [0.15, 0.2) is 11.6 Å². The van der Waals surface area contributed by atoms with Gasteiger partial charge in [0, 0.05) is 38.6 Å². The highest BCUT2D eigenvalue weighted by Gasteiger charge is 2.32. The molecular formula is C16H20N8O2S. The molecule has 1 fully saturated rings. The summed E-state index contributed by atoms with van der Waals surface area (Å²) in [4.78, 5) is 6.30. The van der Waals surface area contributed by atoms with Gasteiger partial charge in [0.2, 0.25) is 10.0 Å². The van der Waals surface area contributed by atoms with E-state index in [9.17, 15) is 8.42 Å². The number of aryl methyl sites for hydroxylation is 2. The van der Waals surface area contributed by atoms with Crippen LogP contribution in [0.25, 0.3) is 5.82 Å². The van der Waals surface area contributed by atoms with Gasteiger partial charge in [-0.25, -0.2) is 13.4 Å². The summed E-state index contributed by atoms with van der Waals surface area (Å²) < 4.78 is 29.1. The maximum atomic E-state index is 12.9. The summed E-state index contributed by atoms with van der Waals surface area (Å²) in [5.74, 6) is 1.41. The van der Waals surface area contributed by atoms with Gasteiger partial charge in [-0.3, -0.25) is 9.67 Å². The van der Waals surface area contributed by atoms with Crippen molar-refractivity contribution in [2.24, 2.45) is 0 Å². The van der Waals surface area contributed by atoms with Crippen LogP contribution in [0.1, 0.15) is 11.4 Å².